The van der Waals surface area contributed by atoms with E-state index in [1.54, 1.807) is 0 Å². The second-order valence-electron chi connectivity index (χ2n) is 2.88. The molecule has 0 aromatic rings. The number of halogens is 3. The van der Waals surface area contributed by atoms with Crippen molar-refractivity contribution < 1.29 is 12.3 Å². The van der Waals surface area contributed by atoms with Gasteiger partial charge in [0, 0.05) is 5.54 Å². The Balaban J connectivity index is 2.39. The molecule has 10 heavy (non-hydrogen) atoms. The highest BCUT2D eigenvalue weighted by Gasteiger charge is 2.46. The van der Waals surface area contributed by atoms with Gasteiger partial charge in [-0.1, -0.05) is 19.3 Å². The highest BCUT2D eigenvalue weighted by molar-refractivity contribution is 6.60. The zero-order chi connectivity index (χ0) is 7.61. The first-order valence-electron chi connectivity index (χ1n) is 3.67. The van der Waals surface area contributed by atoms with Crippen molar-refractivity contribution in [1.29, 1.82) is 0 Å². The molecular weight excluding hydrogens is 157 g/mol. The summed E-state index contributed by atoms with van der Waals surface area (Å²) >= 11 is 0. The molecule has 0 amide bonds. The molecule has 1 aliphatic carbocycles. The van der Waals surface area contributed by atoms with Gasteiger partial charge in [0.15, 0.2) is 0 Å². The molecule has 0 N–H and O–H groups in total. The van der Waals surface area contributed by atoms with Gasteiger partial charge in [0.2, 0.25) is 0 Å². The molecule has 1 saturated carbocycles. The fraction of sp³-hybridized carbons (Fsp3) is 1.00. The van der Waals surface area contributed by atoms with Gasteiger partial charge >= 0.3 is 9.08 Å². The van der Waals surface area contributed by atoms with Gasteiger partial charge in [-0.25, -0.2) is 12.3 Å². The summed E-state index contributed by atoms with van der Waals surface area (Å²) in [5.41, 5.74) is -0.860. The number of hydrogen-bond donors (Lipinski definition) is 0. The topological polar surface area (TPSA) is 0 Å². The van der Waals surface area contributed by atoms with E-state index >= 15 is 0 Å². The Labute approximate surface area is 60.0 Å². The van der Waals surface area contributed by atoms with Gasteiger partial charge in [0.25, 0.3) is 0 Å². The predicted octanol–water partition coefficient (Wildman–Crippen LogP) is 3.17. The Bertz CT molecular complexity index is 104. The Morgan fingerprint density at radius 1 is 0.900 bits per heavy atom. The highest BCUT2D eigenvalue weighted by atomic mass is 28.5. The number of rotatable bonds is 1. The van der Waals surface area contributed by atoms with E-state index in [-0.39, 0.29) is 0 Å². The lowest BCUT2D eigenvalue weighted by molar-refractivity contribution is 0.375. The Morgan fingerprint density at radius 3 is 1.70 bits per heavy atom. The Kier molecular flexibility index (Phi) is 2.39. The second kappa shape index (κ2) is 2.94. The van der Waals surface area contributed by atoms with Gasteiger partial charge < -0.3 is 0 Å². The summed E-state index contributed by atoms with van der Waals surface area (Å²) in [7, 11) is -5.26. The first-order valence-corrected chi connectivity index (χ1v) is 5.38. The van der Waals surface area contributed by atoms with Gasteiger partial charge in [0.1, 0.15) is 0 Å². The van der Waals surface area contributed by atoms with Crippen LogP contribution in [0.15, 0.2) is 0 Å². The Morgan fingerprint density at radius 2 is 1.40 bits per heavy atom. The summed E-state index contributed by atoms with van der Waals surface area (Å²) in [5.74, 6) is 0. The minimum Gasteiger partial charge on any atom is -0.237 e. The van der Waals surface area contributed by atoms with Crippen LogP contribution in [0.4, 0.5) is 12.3 Å². The van der Waals surface area contributed by atoms with Crippen molar-refractivity contribution in [3.05, 3.63) is 0 Å². The third-order valence-electron chi connectivity index (χ3n) is 2.07. The van der Waals surface area contributed by atoms with Gasteiger partial charge in [-0.15, -0.1) is 0 Å². The van der Waals surface area contributed by atoms with Crippen LogP contribution in [0.5, 0.6) is 0 Å². The quantitative estimate of drug-likeness (QED) is 0.416. The predicted molar refractivity (Wildman–Crippen MR) is 35.9 cm³/mol. The van der Waals surface area contributed by atoms with Crippen LogP contribution in [0.3, 0.4) is 0 Å². The van der Waals surface area contributed by atoms with E-state index in [1.165, 1.54) is 0 Å². The lowest BCUT2D eigenvalue weighted by atomic mass is 10.0. The monoisotopic (exact) mass is 168 g/mol. The van der Waals surface area contributed by atoms with Crippen molar-refractivity contribution in [2.45, 2.75) is 37.6 Å². The molecular formula is C6H11F3Si. The average molecular weight is 168 g/mol. The molecule has 0 heterocycles. The largest absolute Gasteiger partial charge is 0.619 e. The van der Waals surface area contributed by atoms with Gasteiger partial charge in [-0.05, 0) is 12.8 Å². The minimum absolute atomic E-state index is 0.412. The molecule has 0 unspecified atom stereocenters. The first-order chi connectivity index (χ1) is 4.61. The maximum Gasteiger partial charge on any atom is 0.619 e. The fourth-order valence-electron chi connectivity index (χ4n) is 1.43. The molecule has 0 nitrogen and oxygen atoms in total. The molecule has 0 aliphatic heterocycles. The van der Waals surface area contributed by atoms with Gasteiger partial charge in [-0.3, -0.25) is 0 Å². The van der Waals surface area contributed by atoms with E-state index in [9.17, 15) is 12.3 Å². The maximum absolute atomic E-state index is 12.1. The van der Waals surface area contributed by atoms with Gasteiger partial charge in [-0.2, -0.15) is 0 Å². The molecule has 0 bridgehead atoms. The molecule has 0 saturated heterocycles. The lowest BCUT2D eigenvalue weighted by Crippen LogP contribution is -2.25. The zero-order valence-electron chi connectivity index (χ0n) is 5.75. The third-order valence-corrected chi connectivity index (χ3v) is 3.57. The van der Waals surface area contributed by atoms with Crippen molar-refractivity contribution in [3.63, 3.8) is 0 Å². The minimum atomic E-state index is -5.26. The highest BCUT2D eigenvalue weighted by Crippen LogP contribution is 2.38. The molecule has 4 heteroatoms. The second-order valence-corrected chi connectivity index (χ2v) is 4.78. The Hall–Kier alpha value is 0.00688. The summed E-state index contributed by atoms with van der Waals surface area (Å²) < 4.78 is 36.2. The lowest BCUT2D eigenvalue weighted by Gasteiger charge is -2.21. The van der Waals surface area contributed by atoms with E-state index in [0.29, 0.717) is 12.8 Å². The molecule has 60 valence electrons. The van der Waals surface area contributed by atoms with Crippen molar-refractivity contribution in [2.24, 2.45) is 0 Å². The van der Waals surface area contributed by atoms with Crippen LogP contribution in [-0.2, 0) is 0 Å². The van der Waals surface area contributed by atoms with Crippen LogP contribution < -0.4 is 0 Å². The normalized spacial score (nSPS) is 23.1. The SMILES string of the molecule is F[Si](F)(F)C1CCCCC1. The van der Waals surface area contributed by atoms with Gasteiger partial charge in [0.05, 0.1) is 0 Å². The van der Waals surface area contributed by atoms with E-state index in [1.807, 2.05) is 0 Å². The van der Waals surface area contributed by atoms with Crippen LogP contribution in [0.1, 0.15) is 32.1 Å². The third kappa shape index (κ3) is 2.00. The molecule has 0 aromatic heterocycles. The first kappa shape index (κ1) is 8.11. The maximum atomic E-state index is 12.1. The number of hydrogen-bond acceptors (Lipinski definition) is 0. The summed E-state index contributed by atoms with van der Waals surface area (Å²) in [6, 6.07) is 0. The summed E-state index contributed by atoms with van der Waals surface area (Å²) in [6.45, 7) is 0. The molecule has 1 aliphatic rings. The van der Waals surface area contributed by atoms with E-state index in [2.05, 4.69) is 0 Å². The van der Waals surface area contributed by atoms with Crippen molar-refractivity contribution >= 4 is 9.08 Å². The van der Waals surface area contributed by atoms with Crippen molar-refractivity contribution in [1.82, 2.24) is 0 Å². The molecule has 1 rings (SSSR count). The van der Waals surface area contributed by atoms with E-state index < -0.39 is 14.6 Å². The van der Waals surface area contributed by atoms with E-state index in [4.69, 9.17) is 0 Å². The van der Waals surface area contributed by atoms with Crippen LogP contribution in [0.25, 0.3) is 0 Å². The molecule has 0 spiro atoms. The summed E-state index contributed by atoms with van der Waals surface area (Å²) in [4.78, 5) is 0. The molecule has 0 aromatic carbocycles. The van der Waals surface area contributed by atoms with Crippen molar-refractivity contribution in [3.8, 4) is 0 Å². The van der Waals surface area contributed by atoms with Crippen LogP contribution >= 0.6 is 0 Å². The molecule has 1 fully saturated rings. The zero-order valence-corrected chi connectivity index (χ0v) is 6.75. The molecule has 0 radical (unpaired) electrons. The van der Waals surface area contributed by atoms with Crippen LogP contribution in [0.2, 0.25) is 5.54 Å². The summed E-state index contributed by atoms with van der Waals surface area (Å²) in [6.07, 6.45) is 3.40. The van der Waals surface area contributed by atoms with E-state index in [0.717, 1.165) is 19.3 Å². The van der Waals surface area contributed by atoms with Crippen LogP contribution in [-0.4, -0.2) is 9.08 Å². The van der Waals surface area contributed by atoms with Crippen molar-refractivity contribution in [2.75, 3.05) is 0 Å². The average Bonchev–Trinajstić information content (AvgIpc) is 1.88. The fourth-order valence-corrected chi connectivity index (χ4v) is 2.49. The molecule has 0 atom stereocenters. The van der Waals surface area contributed by atoms with Crippen LogP contribution in [0, 0.1) is 0 Å². The summed E-state index contributed by atoms with van der Waals surface area (Å²) in [5, 5.41) is 0. The standard InChI is InChI=1S/C6H11F3Si/c7-10(8,9)6-4-2-1-3-5-6/h6H,1-5H2. The smallest absolute Gasteiger partial charge is 0.237 e.